The van der Waals surface area contributed by atoms with Crippen molar-refractivity contribution < 1.29 is 22.7 Å². The molecule has 2 nitrogen and oxygen atoms in total. The molecule has 0 spiro atoms. The number of nitrogens with zero attached hydrogens (tertiary/aromatic N) is 1. The number of piperidine rings is 1. The second-order valence-corrected chi connectivity index (χ2v) is 7.75. The van der Waals surface area contributed by atoms with Crippen LogP contribution < -0.4 is 0 Å². The molecule has 2 aromatic rings. The van der Waals surface area contributed by atoms with E-state index in [4.69, 9.17) is 0 Å². The van der Waals surface area contributed by atoms with E-state index in [1.165, 1.54) is 24.3 Å². The maximum absolute atomic E-state index is 14.5. The van der Waals surface area contributed by atoms with Crippen LogP contribution in [0.3, 0.4) is 0 Å². The Labute approximate surface area is 155 Å². The van der Waals surface area contributed by atoms with Gasteiger partial charge in [0.1, 0.15) is 5.82 Å². The molecule has 1 aliphatic heterocycles. The normalized spacial score (nSPS) is 26.4. The molecule has 2 aliphatic rings. The molecule has 0 amide bonds. The van der Waals surface area contributed by atoms with Gasteiger partial charge in [0.05, 0.1) is 5.60 Å². The third-order valence-electron chi connectivity index (χ3n) is 6.21. The van der Waals surface area contributed by atoms with Gasteiger partial charge >= 0.3 is 0 Å². The second kappa shape index (κ2) is 6.60. The number of hydrogen-bond acceptors (Lipinski definition) is 2. The molecule has 1 heterocycles. The highest BCUT2D eigenvalue weighted by molar-refractivity contribution is 5.47. The van der Waals surface area contributed by atoms with Crippen LogP contribution in [0.15, 0.2) is 30.3 Å². The Bertz CT molecular complexity index is 879. The van der Waals surface area contributed by atoms with Crippen molar-refractivity contribution in [3.63, 3.8) is 0 Å². The lowest BCUT2D eigenvalue weighted by molar-refractivity contribution is -0.0470. The third-order valence-corrected chi connectivity index (χ3v) is 6.21. The highest BCUT2D eigenvalue weighted by atomic mass is 19.2. The van der Waals surface area contributed by atoms with E-state index in [2.05, 4.69) is 4.90 Å². The average Bonchev–Trinajstić information content (AvgIpc) is 2.94. The Morgan fingerprint density at radius 2 is 1.63 bits per heavy atom. The zero-order valence-corrected chi connectivity index (χ0v) is 15.0. The molecule has 2 unspecified atom stereocenters. The van der Waals surface area contributed by atoms with Gasteiger partial charge in [-0.3, -0.25) is 0 Å². The lowest BCUT2D eigenvalue weighted by atomic mass is 9.76. The molecule has 0 radical (unpaired) electrons. The van der Waals surface area contributed by atoms with Gasteiger partial charge in [0.15, 0.2) is 17.5 Å². The first kappa shape index (κ1) is 18.4. The summed E-state index contributed by atoms with van der Waals surface area (Å²) in [6.45, 7) is 1.61. The molecule has 1 fully saturated rings. The molecule has 4 rings (SSSR count). The number of benzene rings is 2. The fourth-order valence-electron chi connectivity index (χ4n) is 4.70. The van der Waals surface area contributed by atoms with E-state index in [0.717, 1.165) is 32.0 Å². The first-order chi connectivity index (χ1) is 12.8. The predicted octanol–water partition coefficient (Wildman–Crippen LogP) is 4.31. The lowest BCUT2D eigenvalue weighted by Gasteiger charge is -2.39. The van der Waals surface area contributed by atoms with E-state index < -0.39 is 34.8 Å². The van der Waals surface area contributed by atoms with Crippen LogP contribution in [-0.4, -0.2) is 30.1 Å². The molecule has 0 aromatic heterocycles. The highest BCUT2D eigenvalue weighted by Crippen LogP contribution is 2.53. The van der Waals surface area contributed by atoms with Gasteiger partial charge in [-0.2, -0.15) is 0 Å². The Morgan fingerprint density at radius 1 is 0.963 bits per heavy atom. The number of likely N-dealkylation sites (tertiary alicyclic amines) is 1. The Kier molecular flexibility index (Phi) is 4.51. The van der Waals surface area contributed by atoms with Gasteiger partial charge in [0, 0.05) is 5.92 Å². The highest BCUT2D eigenvalue weighted by Gasteiger charge is 2.49. The standard InChI is InChI=1S/C21H21F4NO/c1-26-8-6-12(7-9-26)21(27)11-16(14-3-2-13(22)10-17(14)21)15-4-5-18(23)20(25)19(15)24/h2-5,10,12,16,27H,6-9,11H2,1H3. The van der Waals surface area contributed by atoms with Crippen molar-refractivity contribution in [2.45, 2.75) is 30.8 Å². The molecule has 1 aliphatic carbocycles. The molecule has 1 N–H and O–H groups in total. The van der Waals surface area contributed by atoms with Gasteiger partial charge in [-0.05, 0) is 80.2 Å². The summed E-state index contributed by atoms with van der Waals surface area (Å²) in [5.41, 5.74) is -0.319. The van der Waals surface area contributed by atoms with Gasteiger partial charge in [0.25, 0.3) is 0 Å². The number of hydrogen-bond donors (Lipinski definition) is 1. The van der Waals surface area contributed by atoms with Crippen LogP contribution in [0.4, 0.5) is 17.6 Å². The molecule has 144 valence electrons. The quantitative estimate of drug-likeness (QED) is 0.621. The number of halogens is 4. The summed E-state index contributed by atoms with van der Waals surface area (Å²) in [6, 6.07) is 6.17. The number of fused-ring (bicyclic) bond motifs is 1. The van der Waals surface area contributed by atoms with Crippen LogP contribution in [0.1, 0.15) is 41.9 Å². The van der Waals surface area contributed by atoms with Crippen LogP contribution in [0, 0.1) is 29.2 Å². The second-order valence-electron chi connectivity index (χ2n) is 7.75. The summed E-state index contributed by atoms with van der Waals surface area (Å²) in [4.78, 5) is 2.16. The largest absolute Gasteiger partial charge is 0.385 e. The maximum atomic E-state index is 14.5. The van der Waals surface area contributed by atoms with E-state index in [0.29, 0.717) is 11.1 Å². The van der Waals surface area contributed by atoms with E-state index in [1.54, 1.807) is 0 Å². The van der Waals surface area contributed by atoms with Crippen LogP contribution in [0.25, 0.3) is 0 Å². The first-order valence-electron chi connectivity index (χ1n) is 9.15. The molecule has 2 aromatic carbocycles. The third kappa shape index (κ3) is 2.95. The summed E-state index contributed by atoms with van der Waals surface area (Å²) in [5.74, 6) is -5.26. The van der Waals surface area contributed by atoms with Crippen molar-refractivity contribution in [2.75, 3.05) is 20.1 Å². The molecular formula is C21H21F4NO. The maximum Gasteiger partial charge on any atom is 0.194 e. The minimum Gasteiger partial charge on any atom is -0.385 e. The topological polar surface area (TPSA) is 23.5 Å². The lowest BCUT2D eigenvalue weighted by Crippen LogP contribution is -2.41. The van der Waals surface area contributed by atoms with Crippen LogP contribution in [0.2, 0.25) is 0 Å². The fourth-order valence-corrected chi connectivity index (χ4v) is 4.70. The van der Waals surface area contributed by atoms with Gasteiger partial charge < -0.3 is 10.0 Å². The van der Waals surface area contributed by atoms with Crippen LogP contribution >= 0.6 is 0 Å². The average molecular weight is 379 g/mol. The van der Waals surface area contributed by atoms with Gasteiger partial charge in [-0.25, -0.2) is 17.6 Å². The zero-order chi connectivity index (χ0) is 19.3. The van der Waals surface area contributed by atoms with E-state index in [-0.39, 0.29) is 17.9 Å². The Hall–Kier alpha value is -1.92. The smallest absolute Gasteiger partial charge is 0.194 e. The van der Waals surface area contributed by atoms with Crippen molar-refractivity contribution >= 4 is 0 Å². The Balaban J connectivity index is 1.80. The number of rotatable bonds is 2. The molecule has 6 heteroatoms. The minimum absolute atomic E-state index is 0.00869. The molecule has 2 atom stereocenters. The number of aliphatic hydroxyl groups is 1. The summed E-state index contributed by atoms with van der Waals surface area (Å²) in [7, 11) is 2.00. The summed E-state index contributed by atoms with van der Waals surface area (Å²) in [5, 5.41) is 11.5. The first-order valence-corrected chi connectivity index (χ1v) is 9.15. The van der Waals surface area contributed by atoms with E-state index in [1.807, 2.05) is 7.05 Å². The van der Waals surface area contributed by atoms with Crippen molar-refractivity contribution in [3.8, 4) is 0 Å². The Morgan fingerprint density at radius 3 is 2.33 bits per heavy atom. The van der Waals surface area contributed by atoms with Crippen molar-refractivity contribution in [1.82, 2.24) is 4.90 Å². The SMILES string of the molecule is CN1CCC(C2(O)CC(c3ccc(F)c(F)c3F)c3ccc(F)cc32)CC1. The summed E-state index contributed by atoms with van der Waals surface area (Å²) >= 11 is 0. The van der Waals surface area contributed by atoms with Crippen molar-refractivity contribution in [2.24, 2.45) is 5.92 Å². The van der Waals surface area contributed by atoms with E-state index >= 15 is 0 Å². The molecule has 27 heavy (non-hydrogen) atoms. The predicted molar refractivity (Wildman–Crippen MR) is 93.3 cm³/mol. The molecule has 0 saturated carbocycles. The zero-order valence-electron chi connectivity index (χ0n) is 15.0. The monoisotopic (exact) mass is 379 g/mol. The van der Waals surface area contributed by atoms with Gasteiger partial charge in [-0.15, -0.1) is 0 Å². The summed E-state index contributed by atoms with van der Waals surface area (Å²) < 4.78 is 55.6. The van der Waals surface area contributed by atoms with Gasteiger partial charge in [-0.1, -0.05) is 12.1 Å². The summed E-state index contributed by atoms with van der Waals surface area (Å²) in [6.07, 6.45) is 1.59. The minimum atomic E-state index is -1.52. The van der Waals surface area contributed by atoms with Crippen LogP contribution in [0.5, 0.6) is 0 Å². The molecule has 1 saturated heterocycles. The van der Waals surface area contributed by atoms with Crippen LogP contribution in [-0.2, 0) is 5.60 Å². The van der Waals surface area contributed by atoms with E-state index in [9.17, 15) is 22.7 Å². The van der Waals surface area contributed by atoms with Crippen molar-refractivity contribution in [3.05, 3.63) is 70.3 Å². The van der Waals surface area contributed by atoms with Crippen molar-refractivity contribution in [1.29, 1.82) is 0 Å². The van der Waals surface area contributed by atoms with Gasteiger partial charge in [0.2, 0.25) is 0 Å². The fraction of sp³-hybridized carbons (Fsp3) is 0.429. The molecule has 0 bridgehead atoms. The molecular weight excluding hydrogens is 358 g/mol.